The van der Waals surface area contributed by atoms with Crippen LogP contribution in [0, 0.1) is 0 Å². The molecule has 0 spiro atoms. The summed E-state index contributed by atoms with van der Waals surface area (Å²) in [4.78, 5) is 7.89. The number of rotatable bonds is 5. The molecule has 0 aliphatic rings. The van der Waals surface area contributed by atoms with Crippen molar-refractivity contribution in [3.63, 3.8) is 0 Å². The van der Waals surface area contributed by atoms with Crippen molar-refractivity contribution in [3.8, 4) is 0 Å². The minimum absolute atomic E-state index is 0.608. The van der Waals surface area contributed by atoms with E-state index in [1.807, 2.05) is 48.5 Å². The highest BCUT2D eigenvalue weighted by atomic mass is 35.5. The molecular weight excluding hydrogens is 328 g/mol. The number of hydrogen-bond acceptors (Lipinski definition) is 2. The first-order valence-corrected chi connectivity index (χ1v) is 8.23. The van der Waals surface area contributed by atoms with Crippen LogP contribution in [-0.2, 0) is 6.42 Å². The molecule has 4 nitrogen and oxygen atoms in total. The predicted octanol–water partition coefficient (Wildman–Crippen LogP) is 4.14. The molecule has 1 heterocycles. The molecule has 3 rings (SSSR count). The number of hydrogen-bond donors (Lipinski definition) is 3. The van der Waals surface area contributed by atoms with Gasteiger partial charge in [-0.15, -0.1) is 0 Å². The lowest BCUT2D eigenvalue weighted by atomic mass is 10.3. The maximum Gasteiger partial charge on any atom is 0.170 e. The molecule has 0 bridgehead atoms. The highest BCUT2D eigenvalue weighted by Crippen LogP contribution is 2.13. The molecule has 0 aliphatic carbocycles. The lowest BCUT2D eigenvalue weighted by molar-refractivity contribution is 0.753. The van der Waals surface area contributed by atoms with Gasteiger partial charge in [-0.3, -0.25) is 0 Å². The number of aromatic amines is 1. The molecule has 3 N–H and O–H groups in total. The SMILES string of the molecule is S=C(NCCCc1nc2ccccc2[nH]1)Nc1ccc(Cl)cc1. The van der Waals surface area contributed by atoms with Gasteiger partial charge in [0, 0.05) is 23.7 Å². The molecule has 0 fully saturated rings. The number of thiocarbonyl (C=S) groups is 1. The third kappa shape index (κ3) is 4.43. The number of para-hydroxylation sites is 2. The minimum Gasteiger partial charge on any atom is -0.362 e. The van der Waals surface area contributed by atoms with Crippen LogP contribution in [0.25, 0.3) is 11.0 Å². The number of anilines is 1. The van der Waals surface area contributed by atoms with Crippen molar-refractivity contribution < 1.29 is 0 Å². The fraction of sp³-hybridized carbons (Fsp3) is 0.176. The Morgan fingerprint density at radius 2 is 1.91 bits per heavy atom. The number of imidazole rings is 1. The van der Waals surface area contributed by atoms with E-state index < -0.39 is 0 Å². The van der Waals surface area contributed by atoms with E-state index in [2.05, 4.69) is 20.6 Å². The summed E-state index contributed by atoms with van der Waals surface area (Å²) in [6, 6.07) is 15.5. The molecule has 0 saturated heterocycles. The Balaban J connectivity index is 1.42. The quantitative estimate of drug-likeness (QED) is 0.481. The molecule has 0 atom stereocenters. The average molecular weight is 345 g/mol. The second-order valence-electron chi connectivity index (χ2n) is 5.19. The van der Waals surface area contributed by atoms with Crippen molar-refractivity contribution in [2.45, 2.75) is 12.8 Å². The van der Waals surface area contributed by atoms with Gasteiger partial charge in [0.05, 0.1) is 11.0 Å². The number of nitrogens with zero attached hydrogens (tertiary/aromatic N) is 1. The maximum absolute atomic E-state index is 5.85. The van der Waals surface area contributed by atoms with Crippen LogP contribution < -0.4 is 10.6 Å². The fourth-order valence-electron chi connectivity index (χ4n) is 2.29. The Labute approximate surface area is 145 Å². The zero-order valence-corrected chi connectivity index (χ0v) is 14.0. The smallest absolute Gasteiger partial charge is 0.170 e. The van der Waals surface area contributed by atoms with Crippen molar-refractivity contribution in [2.24, 2.45) is 0 Å². The van der Waals surface area contributed by atoms with Gasteiger partial charge in [0.1, 0.15) is 5.82 Å². The van der Waals surface area contributed by atoms with Gasteiger partial charge in [-0.05, 0) is 55.0 Å². The van der Waals surface area contributed by atoms with Crippen molar-refractivity contribution >= 4 is 45.7 Å². The zero-order valence-electron chi connectivity index (χ0n) is 12.5. The van der Waals surface area contributed by atoms with Crippen LogP contribution in [0.4, 0.5) is 5.69 Å². The lowest BCUT2D eigenvalue weighted by Gasteiger charge is -2.10. The number of H-pyrrole nitrogens is 1. The Hall–Kier alpha value is -2.11. The molecule has 0 aliphatic heterocycles. The number of halogens is 1. The van der Waals surface area contributed by atoms with Gasteiger partial charge in [-0.1, -0.05) is 23.7 Å². The molecule has 0 radical (unpaired) electrons. The van der Waals surface area contributed by atoms with E-state index in [9.17, 15) is 0 Å². The van der Waals surface area contributed by atoms with Crippen molar-refractivity contribution in [1.29, 1.82) is 0 Å². The number of aromatic nitrogens is 2. The molecule has 3 aromatic rings. The number of aryl methyl sites for hydroxylation is 1. The second kappa shape index (κ2) is 7.44. The van der Waals surface area contributed by atoms with E-state index in [1.165, 1.54) is 0 Å². The molecule has 23 heavy (non-hydrogen) atoms. The first-order chi connectivity index (χ1) is 11.2. The number of benzene rings is 2. The third-order valence-corrected chi connectivity index (χ3v) is 3.91. The molecule has 1 aromatic heterocycles. The Kier molecular flexibility index (Phi) is 5.10. The Morgan fingerprint density at radius 1 is 1.13 bits per heavy atom. The van der Waals surface area contributed by atoms with Crippen LogP contribution in [-0.4, -0.2) is 21.6 Å². The van der Waals surface area contributed by atoms with Gasteiger partial charge in [-0.25, -0.2) is 4.98 Å². The molecule has 118 valence electrons. The summed E-state index contributed by atoms with van der Waals surface area (Å²) in [7, 11) is 0. The van der Waals surface area contributed by atoms with Gasteiger partial charge in [0.2, 0.25) is 0 Å². The lowest BCUT2D eigenvalue weighted by Crippen LogP contribution is -2.29. The number of nitrogens with one attached hydrogen (secondary N) is 3. The Morgan fingerprint density at radius 3 is 2.70 bits per heavy atom. The number of fused-ring (bicyclic) bond motifs is 1. The van der Waals surface area contributed by atoms with Crippen LogP contribution in [0.5, 0.6) is 0 Å². The molecule has 2 aromatic carbocycles. The highest BCUT2D eigenvalue weighted by molar-refractivity contribution is 7.80. The third-order valence-electron chi connectivity index (χ3n) is 3.42. The van der Waals surface area contributed by atoms with Crippen LogP contribution in [0.2, 0.25) is 5.02 Å². The minimum atomic E-state index is 0.608. The average Bonchev–Trinajstić information content (AvgIpc) is 2.96. The first-order valence-electron chi connectivity index (χ1n) is 7.45. The standard InChI is InChI=1S/C17H17ClN4S/c18-12-7-9-13(10-8-12)20-17(23)19-11-3-6-16-21-14-4-1-2-5-15(14)22-16/h1-2,4-5,7-10H,3,6,11H2,(H,21,22)(H2,19,20,23). The maximum atomic E-state index is 5.85. The van der Waals surface area contributed by atoms with Crippen LogP contribution in [0.15, 0.2) is 48.5 Å². The summed E-state index contributed by atoms with van der Waals surface area (Å²) in [6.07, 6.45) is 1.83. The summed E-state index contributed by atoms with van der Waals surface area (Å²) in [5.41, 5.74) is 3.01. The van der Waals surface area contributed by atoms with Crippen molar-refractivity contribution in [1.82, 2.24) is 15.3 Å². The largest absolute Gasteiger partial charge is 0.362 e. The fourth-order valence-corrected chi connectivity index (χ4v) is 2.64. The van der Waals surface area contributed by atoms with Crippen LogP contribution >= 0.6 is 23.8 Å². The topological polar surface area (TPSA) is 52.7 Å². The molecule has 0 amide bonds. The van der Waals surface area contributed by atoms with Gasteiger partial charge >= 0.3 is 0 Å². The molecular formula is C17H17ClN4S. The predicted molar refractivity (Wildman–Crippen MR) is 100 cm³/mol. The van der Waals surface area contributed by atoms with Crippen LogP contribution in [0.3, 0.4) is 0 Å². The zero-order chi connectivity index (χ0) is 16.1. The van der Waals surface area contributed by atoms with Gasteiger partial charge in [-0.2, -0.15) is 0 Å². The first kappa shape index (κ1) is 15.8. The summed E-state index contributed by atoms with van der Waals surface area (Å²) in [6.45, 7) is 0.788. The van der Waals surface area contributed by atoms with Crippen LogP contribution in [0.1, 0.15) is 12.2 Å². The molecule has 6 heteroatoms. The highest BCUT2D eigenvalue weighted by Gasteiger charge is 2.02. The monoisotopic (exact) mass is 344 g/mol. The van der Waals surface area contributed by atoms with E-state index in [1.54, 1.807) is 0 Å². The normalized spacial score (nSPS) is 10.7. The van der Waals surface area contributed by atoms with E-state index in [4.69, 9.17) is 23.8 Å². The van der Waals surface area contributed by atoms with Crippen molar-refractivity contribution in [2.75, 3.05) is 11.9 Å². The summed E-state index contributed by atoms with van der Waals surface area (Å²) >= 11 is 11.1. The van der Waals surface area contributed by atoms with Gasteiger partial charge < -0.3 is 15.6 Å². The molecule has 0 saturated carbocycles. The van der Waals surface area contributed by atoms with Gasteiger partial charge in [0.15, 0.2) is 5.11 Å². The van der Waals surface area contributed by atoms with E-state index in [-0.39, 0.29) is 0 Å². The second-order valence-corrected chi connectivity index (χ2v) is 6.04. The Bertz CT molecular complexity index is 765. The molecule has 0 unspecified atom stereocenters. The van der Waals surface area contributed by atoms with E-state index in [0.717, 1.165) is 41.9 Å². The van der Waals surface area contributed by atoms with Gasteiger partial charge in [0.25, 0.3) is 0 Å². The van der Waals surface area contributed by atoms with Crippen molar-refractivity contribution in [3.05, 3.63) is 59.4 Å². The summed E-state index contributed by atoms with van der Waals surface area (Å²) in [5.74, 6) is 1.00. The van der Waals surface area contributed by atoms with E-state index in [0.29, 0.717) is 10.1 Å². The summed E-state index contributed by atoms with van der Waals surface area (Å²) in [5, 5.41) is 7.64. The summed E-state index contributed by atoms with van der Waals surface area (Å²) < 4.78 is 0. The van der Waals surface area contributed by atoms with E-state index >= 15 is 0 Å².